The fraction of sp³-hybridized carbons (Fsp3) is 0.786. The number of thiazole rings is 1. The molecule has 0 aliphatic carbocycles. The molecule has 0 radical (unpaired) electrons. The van der Waals surface area contributed by atoms with Gasteiger partial charge in [0.15, 0.2) is 0 Å². The van der Waals surface area contributed by atoms with Crippen molar-refractivity contribution in [3.8, 4) is 0 Å². The molecular formula is C14H27N3S2. The average molecular weight is 302 g/mol. The Hall–Kier alpha value is -0.100. The van der Waals surface area contributed by atoms with Crippen LogP contribution in [0.15, 0.2) is 5.38 Å². The van der Waals surface area contributed by atoms with Crippen molar-refractivity contribution in [2.24, 2.45) is 0 Å². The van der Waals surface area contributed by atoms with Gasteiger partial charge in [0.2, 0.25) is 0 Å². The van der Waals surface area contributed by atoms with Crippen LogP contribution in [0.1, 0.15) is 37.9 Å². The van der Waals surface area contributed by atoms with Crippen LogP contribution in [0.25, 0.3) is 0 Å². The van der Waals surface area contributed by atoms with Gasteiger partial charge in [-0.2, -0.15) is 11.8 Å². The Morgan fingerprint density at radius 2 is 2.16 bits per heavy atom. The summed E-state index contributed by atoms with van der Waals surface area (Å²) in [5, 5.41) is 6.79. The molecule has 0 saturated heterocycles. The number of nitrogens with one attached hydrogen (secondary N) is 1. The second kappa shape index (κ2) is 8.95. The fourth-order valence-electron chi connectivity index (χ4n) is 1.71. The molecule has 0 saturated carbocycles. The highest BCUT2D eigenvalue weighted by Gasteiger charge is 2.11. The van der Waals surface area contributed by atoms with E-state index in [0.29, 0.717) is 12.1 Å². The van der Waals surface area contributed by atoms with Crippen LogP contribution in [0.5, 0.6) is 0 Å². The molecule has 1 aromatic heterocycles. The molecule has 0 bridgehead atoms. The lowest BCUT2D eigenvalue weighted by atomic mass is 10.2. The molecule has 0 spiro atoms. The smallest absolute Gasteiger partial charge is 0.107 e. The average Bonchev–Trinajstić information content (AvgIpc) is 2.81. The van der Waals surface area contributed by atoms with Crippen LogP contribution >= 0.6 is 23.1 Å². The Balaban J connectivity index is 2.39. The summed E-state index contributed by atoms with van der Waals surface area (Å²) in [7, 11) is 2.19. The molecule has 0 amide bonds. The maximum atomic E-state index is 4.69. The van der Waals surface area contributed by atoms with Crippen molar-refractivity contribution in [3.63, 3.8) is 0 Å². The van der Waals surface area contributed by atoms with Gasteiger partial charge in [0.05, 0.1) is 5.69 Å². The zero-order chi connectivity index (χ0) is 14.3. The van der Waals surface area contributed by atoms with Gasteiger partial charge < -0.3 is 5.32 Å². The largest absolute Gasteiger partial charge is 0.308 e. The minimum Gasteiger partial charge on any atom is -0.308 e. The number of thioether (sulfide) groups is 1. The van der Waals surface area contributed by atoms with Crippen molar-refractivity contribution in [2.45, 2.75) is 52.4 Å². The first-order valence-corrected chi connectivity index (χ1v) is 9.16. The first-order chi connectivity index (χ1) is 9.02. The number of nitrogens with zero attached hydrogens (tertiary/aromatic N) is 2. The van der Waals surface area contributed by atoms with E-state index in [4.69, 9.17) is 4.98 Å². The zero-order valence-electron chi connectivity index (χ0n) is 12.8. The first kappa shape index (κ1) is 17.0. The highest BCUT2D eigenvalue weighted by molar-refractivity contribution is 7.98. The summed E-state index contributed by atoms with van der Waals surface area (Å²) < 4.78 is 0. The Labute approximate surface area is 126 Å². The molecule has 0 aromatic carbocycles. The topological polar surface area (TPSA) is 28.2 Å². The van der Waals surface area contributed by atoms with Gasteiger partial charge in [0, 0.05) is 30.6 Å². The number of rotatable bonds is 9. The predicted molar refractivity (Wildman–Crippen MR) is 88.0 cm³/mol. The second-order valence-electron chi connectivity index (χ2n) is 5.31. The molecule has 3 nitrogen and oxygen atoms in total. The van der Waals surface area contributed by atoms with E-state index in [1.807, 2.05) is 11.8 Å². The van der Waals surface area contributed by atoms with Gasteiger partial charge >= 0.3 is 0 Å². The summed E-state index contributed by atoms with van der Waals surface area (Å²) in [5.74, 6) is 1.23. The lowest BCUT2D eigenvalue weighted by Gasteiger charge is -2.23. The number of aromatic nitrogens is 1. The molecule has 110 valence electrons. The lowest BCUT2D eigenvalue weighted by molar-refractivity contribution is 0.242. The van der Waals surface area contributed by atoms with Crippen molar-refractivity contribution >= 4 is 23.1 Å². The van der Waals surface area contributed by atoms with Gasteiger partial charge in [-0.05, 0) is 32.4 Å². The van der Waals surface area contributed by atoms with E-state index in [9.17, 15) is 0 Å². The molecule has 19 heavy (non-hydrogen) atoms. The Morgan fingerprint density at radius 1 is 1.42 bits per heavy atom. The SMILES string of the molecule is CSCCC(C)N(C)Cc1csc(CNC(C)C)n1. The number of hydrogen-bond acceptors (Lipinski definition) is 5. The molecule has 1 heterocycles. The van der Waals surface area contributed by atoms with Crippen molar-refractivity contribution in [3.05, 3.63) is 16.1 Å². The van der Waals surface area contributed by atoms with E-state index in [0.717, 1.165) is 13.1 Å². The van der Waals surface area contributed by atoms with Gasteiger partial charge in [-0.3, -0.25) is 4.90 Å². The van der Waals surface area contributed by atoms with Crippen LogP contribution < -0.4 is 5.32 Å². The second-order valence-corrected chi connectivity index (χ2v) is 7.24. The molecule has 1 N–H and O–H groups in total. The van der Waals surface area contributed by atoms with Crippen LogP contribution in [-0.4, -0.2) is 41.0 Å². The fourth-order valence-corrected chi connectivity index (χ4v) is 3.03. The summed E-state index contributed by atoms with van der Waals surface area (Å²) in [6.45, 7) is 8.46. The lowest BCUT2D eigenvalue weighted by Crippen LogP contribution is -2.29. The third kappa shape index (κ3) is 6.75. The molecule has 1 unspecified atom stereocenters. The highest BCUT2D eigenvalue weighted by Crippen LogP contribution is 2.14. The highest BCUT2D eigenvalue weighted by atomic mass is 32.2. The Morgan fingerprint density at radius 3 is 2.79 bits per heavy atom. The van der Waals surface area contributed by atoms with Crippen molar-refractivity contribution in [1.29, 1.82) is 0 Å². The summed E-state index contributed by atoms with van der Waals surface area (Å²) >= 11 is 3.68. The summed E-state index contributed by atoms with van der Waals surface area (Å²) in [6, 6.07) is 1.13. The summed E-state index contributed by atoms with van der Waals surface area (Å²) in [5.41, 5.74) is 1.20. The molecule has 5 heteroatoms. The van der Waals surface area contributed by atoms with Crippen molar-refractivity contribution in [2.75, 3.05) is 19.1 Å². The normalized spacial score (nSPS) is 13.4. The summed E-state index contributed by atoms with van der Waals surface area (Å²) in [6.07, 6.45) is 3.41. The molecule has 1 atom stereocenters. The predicted octanol–water partition coefficient (Wildman–Crippen LogP) is 3.21. The van der Waals surface area contributed by atoms with E-state index in [1.54, 1.807) is 11.3 Å². The molecule has 0 aliphatic rings. The van der Waals surface area contributed by atoms with Gasteiger partial charge in [-0.25, -0.2) is 4.98 Å². The maximum Gasteiger partial charge on any atom is 0.107 e. The van der Waals surface area contributed by atoms with Gasteiger partial charge in [0.25, 0.3) is 0 Å². The minimum absolute atomic E-state index is 0.515. The quantitative estimate of drug-likeness (QED) is 0.758. The maximum absolute atomic E-state index is 4.69. The van der Waals surface area contributed by atoms with Crippen LogP contribution in [-0.2, 0) is 13.1 Å². The molecule has 1 rings (SSSR count). The van der Waals surface area contributed by atoms with Gasteiger partial charge in [-0.15, -0.1) is 11.3 Å². The Bertz CT molecular complexity index is 352. The van der Waals surface area contributed by atoms with Gasteiger partial charge in [-0.1, -0.05) is 13.8 Å². The summed E-state index contributed by atoms with van der Waals surface area (Å²) in [4.78, 5) is 7.09. The third-order valence-electron chi connectivity index (χ3n) is 3.16. The van der Waals surface area contributed by atoms with E-state index < -0.39 is 0 Å². The number of hydrogen-bond donors (Lipinski definition) is 1. The third-order valence-corrected chi connectivity index (χ3v) is 4.71. The first-order valence-electron chi connectivity index (χ1n) is 6.88. The van der Waals surface area contributed by atoms with Crippen LogP contribution in [0, 0.1) is 0 Å². The minimum atomic E-state index is 0.515. The van der Waals surface area contributed by atoms with Crippen LogP contribution in [0.3, 0.4) is 0 Å². The van der Waals surface area contributed by atoms with Crippen molar-refractivity contribution in [1.82, 2.24) is 15.2 Å². The van der Waals surface area contributed by atoms with Crippen molar-refractivity contribution < 1.29 is 0 Å². The van der Waals surface area contributed by atoms with E-state index in [-0.39, 0.29) is 0 Å². The monoisotopic (exact) mass is 301 g/mol. The van der Waals surface area contributed by atoms with Gasteiger partial charge in [0.1, 0.15) is 5.01 Å². The molecule has 1 aromatic rings. The van der Waals surface area contributed by atoms with E-state index >= 15 is 0 Å². The zero-order valence-corrected chi connectivity index (χ0v) is 14.4. The standard InChI is InChI=1S/C14H27N3S2/c1-11(2)15-8-14-16-13(10-19-14)9-17(4)12(3)6-7-18-5/h10-12,15H,6-9H2,1-5H3. The Kier molecular flexibility index (Phi) is 7.99. The molecule has 0 fully saturated rings. The van der Waals surface area contributed by atoms with E-state index in [2.05, 4.69) is 49.7 Å². The van der Waals surface area contributed by atoms with E-state index in [1.165, 1.54) is 22.9 Å². The van der Waals surface area contributed by atoms with Crippen LogP contribution in [0.2, 0.25) is 0 Å². The molecule has 0 aliphatic heterocycles. The van der Waals surface area contributed by atoms with Crippen LogP contribution in [0.4, 0.5) is 0 Å². The molecular weight excluding hydrogens is 274 g/mol.